The van der Waals surface area contributed by atoms with Crippen LogP contribution in [0, 0.1) is 0 Å². The fourth-order valence-corrected chi connectivity index (χ4v) is 1.41. The third-order valence-corrected chi connectivity index (χ3v) is 2.61. The van der Waals surface area contributed by atoms with Crippen molar-refractivity contribution in [3.05, 3.63) is 0 Å². The van der Waals surface area contributed by atoms with Crippen LogP contribution in [-0.4, -0.2) is 68.1 Å². The average Bonchev–Trinajstić information content (AvgIpc) is 2.46. The highest BCUT2D eigenvalue weighted by Crippen LogP contribution is 1.98. The van der Waals surface area contributed by atoms with Gasteiger partial charge in [-0.2, -0.15) is 12.6 Å². The molecule has 0 aromatic carbocycles. The highest BCUT2D eigenvalue weighted by atomic mass is 32.1. The van der Waals surface area contributed by atoms with E-state index in [0.717, 1.165) is 0 Å². The van der Waals surface area contributed by atoms with Gasteiger partial charge in [-0.1, -0.05) is 0 Å². The van der Waals surface area contributed by atoms with Crippen LogP contribution < -0.4 is 16.4 Å². The molecule has 0 fully saturated rings. The van der Waals surface area contributed by atoms with E-state index in [1.54, 1.807) is 0 Å². The van der Waals surface area contributed by atoms with Gasteiger partial charge >= 0.3 is 20.2 Å². The maximum Gasteiger partial charge on any atom is 0.692 e. The molecule has 14 heteroatoms. The average molecular weight is 388 g/mol. The molecule has 0 saturated heterocycles. The number of thiol groups is 1. The predicted octanol–water partition coefficient (Wildman–Crippen LogP) is -2.58. The smallest absolute Gasteiger partial charge is 0.480 e. The molecule has 2 unspecified atom stereocenters. The summed E-state index contributed by atoms with van der Waals surface area (Å²) < 4.78 is 8.70. The first-order chi connectivity index (χ1) is 11.0. The Labute approximate surface area is 142 Å². The standard InChI is InChI=1S/C10H17N3O6S.HO3P/c11-5(10(18)19)1-2-7(14)13-6(4-20)9(17)12-3-8(15)16;1-4(2)3/h5-6,20H,1-4,11H2,(H,12,17)(H,13,14)(H,15,16)(H,18,19);(H-,1,2,3)/p+1. The molecule has 0 radical (unpaired) electrons. The van der Waals surface area contributed by atoms with Crippen LogP contribution in [0.15, 0.2) is 0 Å². The summed E-state index contributed by atoms with van der Waals surface area (Å²) in [6.07, 6.45) is -0.235. The van der Waals surface area contributed by atoms with Crippen molar-refractivity contribution in [2.24, 2.45) is 5.73 Å². The third-order valence-electron chi connectivity index (χ3n) is 2.25. The van der Waals surface area contributed by atoms with Crippen LogP contribution >= 0.6 is 20.9 Å². The van der Waals surface area contributed by atoms with Gasteiger partial charge in [-0.3, -0.25) is 19.2 Å². The summed E-state index contributed by atoms with van der Waals surface area (Å²) in [5.41, 5.74) is 5.23. The lowest BCUT2D eigenvalue weighted by Crippen LogP contribution is -2.49. The van der Waals surface area contributed by atoms with Crippen molar-refractivity contribution in [3.8, 4) is 0 Å². The Morgan fingerprint density at radius 1 is 1.17 bits per heavy atom. The van der Waals surface area contributed by atoms with Gasteiger partial charge in [-0.05, 0) is 6.42 Å². The largest absolute Gasteiger partial charge is 0.692 e. The zero-order valence-electron chi connectivity index (χ0n) is 12.3. The van der Waals surface area contributed by atoms with Crippen molar-refractivity contribution in [2.75, 3.05) is 12.3 Å². The van der Waals surface area contributed by atoms with Gasteiger partial charge < -0.3 is 26.6 Å². The van der Waals surface area contributed by atoms with E-state index in [9.17, 15) is 19.2 Å². The summed E-state index contributed by atoms with van der Waals surface area (Å²) in [6.45, 7) is -0.567. The normalized spacial score (nSPS) is 12.0. The number of nitrogens with two attached hydrogens (primary N) is 1. The van der Waals surface area contributed by atoms with Crippen molar-refractivity contribution in [1.82, 2.24) is 10.6 Å². The fourth-order valence-electron chi connectivity index (χ4n) is 1.16. The van der Waals surface area contributed by atoms with Crippen molar-refractivity contribution in [3.63, 3.8) is 0 Å². The fraction of sp³-hybridized carbons (Fsp3) is 0.600. The Morgan fingerprint density at radius 2 is 1.67 bits per heavy atom. The summed E-state index contributed by atoms with van der Waals surface area (Å²) in [5.74, 6) is -3.70. The Bertz CT molecular complexity index is 472. The molecule has 0 bridgehead atoms. The van der Waals surface area contributed by atoms with Gasteiger partial charge in [0.25, 0.3) is 0 Å². The second-order valence-electron chi connectivity index (χ2n) is 4.15. The molecule has 12 nitrogen and oxygen atoms in total. The van der Waals surface area contributed by atoms with E-state index in [1.807, 2.05) is 0 Å². The zero-order chi connectivity index (χ0) is 19.3. The molecule has 24 heavy (non-hydrogen) atoms. The molecule has 0 aromatic rings. The molecular weight excluding hydrogens is 369 g/mol. The molecule has 0 heterocycles. The summed E-state index contributed by atoms with van der Waals surface area (Å²) in [5, 5.41) is 21.4. The van der Waals surface area contributed by atoms with Gasteiger partial charge in [0.1, 0.15) is 18.6 Å². The first-order valence-corrected chi connectivity index (χ1v) is 8.04. The number of hydrogen-bond donors (Lipinski definition) is 8. The van der Waals surface area contributed by atoms with E-state index < -0.39 is 50.6 Å². The minimum Gasteiger partial charge on any atom is -0.480 e. The molecule has 0 aliphatic carbocycles. The Hall–Kier alpha value is -1.79. The van der Waals surface area contributed by atoms with E-state index in [2.05, 4.69) is 23.3 Å². The van der Waals surface area contributed by atoms with Crippen LogP contribution in [0.25, 0.3) is 0 Å². The Kier molecular flexibility index (Phi) is 13.9. The Morgan fingerprint density at radius 3 is 2.04 bits per heavy atom. The number of rotatable bonds is 9. The van der Waals surface area contributed by atoms with Crippen molar-refractivity contribution < 1.29 is 43.7 Å². The quantitative estimate of drug-likeness (QED) is 0.152. The van der Waals surface area contributed by atoms with Gasteiger partial charge in [0.05, 0.1) is 0 Å². The van der Waals surface area contributed by atoms with Gasteiger partial charge in [-0.15, -0.1) is 9.79 Å². The van der Waals surface area contributed by atoms with Gasteiger partial charge in [0.2, 0.25) is 11.8 Å². The lowest BCUT2D eigenvalue weighted by atomic mass is 10.1. The third kappa shape index (κ3) is 15.1. The monoisotopic (exact) mass is 388 g/mol. The lowest BCUT2D eigenvalue weighted by Gasteiger charge is -2.16. The van der Waals surface area contributed by atoms with Crippen LogP contribution in [0.3, 0.4) is 0 Å². The number of carbonyl (C=O) groups excluding carboxylic acids is 2. The maximum absolute atomic E-state index is 11.5. The van der Waals surface area contributed by atoms with E-state index in [1.165, 1.54) is 0 Å². The second kappa shape index (κ2) is 13.6. The van der Waals surface area contributed by atoms with Crippen LogP contribution in [0.2, 0.25) is 0 Å². The lowest BCUT2D eigenvalue weighted by molar-refractivity contribution is -0.139. The summed E-state index contributed by atoms with van der Waals surface area (Å²) in [7, 11) is -2.87. The van der Waals surface area contributed by atoms with Crippen LogP contribution in [0.1, 0.15) is 12.8 Å². The molecule has 0 rings (SSSR count). The zero-order valence-corrected chi connectivity index (χ0v) is 14.1. The van der Waals surface area contributed by atoms with Crippen molar-refractivity contribution in [2.45, 2.75) is 24.9 Å². The van der Waals surface area contributed by atoms with E-state index >= 15 is 0 Å². The molecular formula is C10H19N3O9PS+. The molecule has 2 amide bonds. The van der Waals surface area contributed by atoms with Gasteiger partial charge in [0.15, 0.2) is 0 Å². The molecule has 0 aliphatic heterocycles. The summed E-state index contributed by atoms with van der Waals surface area (Å²) in [6, 6.07) is -2.15. The van der Waals surface area contributed by atoms with E-state index in [4.69, 9.17) is 30.3 Å². The number of hydrogen-bond acceptors (Lipinski definition) is 7. The van der Waals surface area contributed by atoms with Crippen LogP contribution in [-0.2, 0) is 23.7 Å². The molecule has 2 atom stereocenters. The number of carboxylic acids is 2. The van der Waals surface area contributed by atoms with E-state index in [-0.39, 0.29) is 18.6 Å². The van der Waals surface area contributed by atoms with E-state index in [0.29, 0.717) is 0 Å². The first kappa shape index (κ1) is 24.5. The molecule has 0 saturated carbocycles. The molecule has 0 aliphatic rings. The molecule has 0 spiro atoms. The van der Waals surface area contributed by atoms with Crippen LogP contribution in [0.4, 0.5) is 0 Å². The number of aliphatic carboxylic acids is 2. The van der Waals surface area contributed by atoms with Gasteiger partial charge in [0, 0.05) is 16.7 Å². The highest BCUT2D eigenvalue weighted by Gasteiger charge is 2.20. The minimum atomic E-state index is -2.87. The number of nitrogens with one attached hydrogen (secondary N) is 2. The Balaban J connectivity index is 0. The molecule has 8 N–H and O–H groups in total. The topological polar surface area (TPSA) is 216 Å². The summed E-state index contributed by atoms with van der Waals surface area (Å²) in [4.78, 5) is 58.0. The SMILES string of the molecule is NC(CCC(=O)NC(CS)C(=O)NCC(=O)O)C(=O)O.O=[P+](O)O. The first-order valence-electron chi connectivity index (χ1n) is 6.24. The number of carboxylic acid groups (broad SMARTS) is 2. The molecule has 138 valence electrons. The molecule has 0 aromatic heterocycles. The number of amides is 2. The van der Waals surface area contributed by atoms with Crippen LogP contribution in [0.5, 0.6) is 0 Å². The summed E-state index contributed by atoms with van der Waals surface area (Å²) >= 11 is 3.87. The van der Waals surface area contributed by atoms with Crippen molar-refractivity contribution in [1.29, 1.82) is 0 Å². The predicted molar refractivity (Wildman–Crippen MR) is 83.3 cm³/mol. The maximum atomic E-state index is 11.5. The van der Waals surface area contributed by atoms with Crippen molar-refractivity contribution >= 4 is 44.6 Å². The second-order valence-corrected chi connectivity index (χ2v) is 5.02. The van der Waals surface area contributed by atoms with Gasteiger partial charge in [-0.25, -0.2) is 0 Å². The minimum absolute atomic E-state index is 0.0256. The number of carbonyl (C=O) groups is 4. The highest BCUT2D eigenvalue weighted by molar-refractivity contribution is 7.80.